The minimum Gasteiger partial charge on any atom is -0.480 e. The van der Waals surface area contributed by atoms with E-state index < -0.39 is 30.1 Å². The van der Waals surface area contributed by atoms with E-state index in [0.29, 0.717) is 0 Å². The highest BCUT2D eigenvalue weighted by Gasteiger charge is 2.41. The lowest BCUT2D eigenvalue weighted by Gasteiger charge is -2.26. The van der Waals surface area contributed by atoms with Gasteiger partial charge < -0.3 is 15.7 Å². The number of carboxylic acid groups (broad SMARTS) is 1. The largest absolute Gasteiger partial charge is 0.480 e. The second kappa shape index (κ2) is 4.78. The number of carbonyl (C=O) groups excluding carboxylic acids is 1. The van der Waals surface area contributed by atoms with Gasteiger partial charge in [0, 0.05) is 6.42 Å². The molecule has 1 fully saturated rings. The number of hydrogen-bond donors (Lipinski definition) is 2. The number of likely N-dealkylation sites (tertiary alicyclic amines) is 1. The van der Waals surface area contributed by atoms with Crippen molar-refractivity contribution < 1.29 is 19.1 Å². The normalized spacial score (nSPS) is 27.2. The summed E-state index contributed by atoms with van der Waals surface area (Å²) in [5.74, 6) is -1.76. The molecular weight excluding hydrogens is 215 g/mol. The van der Waals surface area contributed by atoms with Gasteiger partial charge in [-0.15, -0.1) is 0 Å². The van der Waals surface area contributed by atoms with Crippen molar-refractivity contribution in [3.05, 3.63) is 0 Å². The molecule has 0 spiro atoms. The highest BCUT2D eigenvalue weighted by molar-refractivity contribution is 5.87. The van der Waals surface area contributed by atoms with Gasteiger partial charge >= 0.3 is 5.97 Å². The highest BCUT2D eigenvalue weighted by Crippen LogP contribution is 2.22. The van der Waals surface area contributed by atoms with Crippen LogP contribution in [0.5, 0.6) is 0 Å². The van der Waals surface area contributed by atoms with Crippen molar-refractivity contribution in [3.63, 3.8) is 0 Å². The van der Waals surface area contributed by atoms with Crippen molar-refractivity contribution >= 4 is 11.9 Å². The number of halogens is 1. The number of nitrogens with zero attached hydrogens (tertiary/aromatic N) is 1. The van der Waals surface area contributed by atoms with Gasteiger partial charge in [0.05, 0.1) is 12.6 Å². The van der Waals surface area contributed by atoms with Crippen LogP contribution in [0.3, 0.4) is 0 Å². The molecule has 16 heavy (non-hydrogen) atoms. The molecule has 3 unspecified atom stereocenters. The first-order valence-electron chi connectivity index (χ1n) is 5.27. The molecule has 6 heteroatoms. The maximum Gasteiger partial charge on any atom is 0.326 e. The summed E-state index contributed by atoms with van der Waals surface area (Å²) in [7, 11) is 0. The van der Waals surface area contributed by atoms with Crippen LogP contribution in [0.1, 0.15) is 20.3 Å². The molecule has 1 saturated heterocycles. The highest BCUT2D eigenvalue weighted by atomic mass is 19.1. The standard InChI is InChI=1S/C10H17FN2O3/c1-5(2)8(12)9(14)13-4-6(11)3-7(13)10(15)16/h5-8H,3-4,12H2,1-2H3,(H,15,16). The van der Waals surface area contributed by atoms with Gasteiger partial charge in [0.15, 0.2) is 0 Å². The summed E-state index contributed by atoms with van der Waals surface area (Å²) in [6.45, 7) is 3.36. The van der Waals surface area contributed by atoms with Crippen molar-refractivity contribution in [1.82, 2.24) is 4.90 Å². The fourth-order valence-electron chi connectivity index (χ4n) is 1.74. The Morgan fingerprint density at radius 3 is 2.50 bits per heavy atom. The van der Waals surface area contributed by atoms with E-state index >= 15 is 0 Å². The number of carboxylic acids is 1. The lowest BCUT2D eigenvalue weighted by molar-refractivity contribution is -0.149. The van der Waals surface area contributed by atoms with E-state index in [4.69, 9.17) is 10.8 Å². The van der Waals surface area contributed by atoms with Crippen LogP contribution < -0.4 is 5.73 Å². The van der Waals surface area contributed by atoms with E-state index in [0.717, 1.165) is 4.90 Å². The van der Waals surface area contributed by atoms with E-state index in [-0.39, 0.29) is 18.9 Å². The monoisotopic (exact) mass is 232 g/mol. The van der Waals surface area contributed by atoms with Crippen LogP contribution in [0.2, 0.25) is 0 Å². The van der Waals surface area contributed by atoms with E-state index in [1.807, 2.05) is 0 Å². The SMILES string of the molecule is CC(C)C(N)C(=O)N1CC(F)CC1C(=O)O. The van der Waals surface area contributed by atoms with Crippen molar-refractivity contribution in [3.8, 4) is 0 Å². The van der Waals surface area contributed by atoms with E-state index in [9.17, 15) is 14.0 Å². The molecule has 1 aliphatic rings. The van der Waals surface area contributed by atoms with Crippen LogP contribution in [-0.4, -0.2) is 46.7 Å². The van der Waals surface area contributed by atoms with Gasteiger partial charge in [-0.05, 0) is 5.92 Å². The summed E-state index contributed by atoms with van der Waals surface area (Å²) in [6, 6.07) is -1.85. The Kier molecular flexibility index (Phi) is 3.85. The summed E-state index contributed by atoms with van der Waals surface area (Å²) in [5.41, 5.74) is 5.64. The maximum atomic E-state index is 13.1. The number of aliphatic carboxylic acids is 1. The molecule has 0 aromatic rings. The third kappa shape index (κ3) is 2.49. The molecule has 3 N–H and O–H groups in total. The zero-order valence-corrected chi connectivity index (χ0v) is 9.39. The third-order valence-electron chi connectivity index (χ3n) is 2.82. The van der Waals surface area contributed by atoms with Gasteiger partial charge in [-0.1, -0.05) is 13.8 Å². The van der Waals surface area contributed by atoms with Gasteiger partial charge in [-0.2, -0.15) is 0 Å². The Morgan fingerprint density at radius 1 is 1.50 bits per heavy atom. The fourth-order valence-corrected chi connectivity index (χ4v) is 1.74. The van der Waals surface area contributed by atoms with Crippen molar-refractivity contribution in [2.45, 2.75) is 38.5 Å². The molecule has 92 valence electrons. The number of hydrogen-bond acceptors (Lipinski definition) is 3. The Balaban J connectivity index is 2.78. The molecule has 1 heterocycles. The zero-order chi connectivity index (χ0) is 12.5. The Morgan fingerprint density at radius 2 is 2.06 bits per heavy atom. The summed E-state index contributed by atoms with van der Waals surface area (Å²) < 4.78 is 13.1. The first-order chi connectivity index (χ1) is 7.34. The van der Waals surface area contributed by atoms with E-state index in [1.54, 1.807) is 13.8 Å². The maximum absolute atomic E-state index is 13.1. The van der Waals surface area contributed by atoms with E-state index in [2.05, 4.69) is 0 Å². The van der Waals surface area contributed by atoms with Crippen LogP contribution in [0.25, 0.3) is 0 Å². The number of carbonyl (C=O) groups is 2. The first kappa shape index (κ1) is 12.9. The summed E-state index contributed by atoms with van der Waals surface area (Å²) in [6.07, 6.45) is -1.42. The van der Waals surface area contributed by atoms with Gasteiger partial charge in [-0.3, -0.25) is 4.79 Å². The molecular formula is C10H17FN2O3. The van der Waals surface area contributed by atoms with Crippen molar-refractivity contribution in [1.29, 1.82) is 0 Å². The van der Waals surface area contributed by atoms with Gasteiger partial charge in [0.2, 0.25) is 5.91 Å². The predicted molar refractivity (Wildman–Crippen MR) is 55.5 cm³/mol. The number of nitrogens with two attached hydrogens (primary N) is 1. The van der Waals surface area contributed by atoms with Gasteiger partial charge in [0.1, 0.15) is 12.2 Å². The minimum atomic E-state index is -1.27. The second-order valence-corrected chi connectivity index (χ2v) is 4.45. The average Bonchev–Trinajstić information content (AvgIpc) is 2.58. The van der Waals surface area contributed by atoms with Crippen molar-refractivity contribution in [2.24, 2.45) is 11.7 Å². The van der Waals surface area contributed by atoms with Gasteiger partial charge in [-0.25, -0.2) is 9.18 Å². The molecule has 0 saturated carbocycles. The molecule has 0 bridgehead atoms. The first-order valence-corrected chi connectivity index (χ1v) is 5.27. The Bertz CT molecular complexity index is 296. The molecule has 0 aromatic carbocycles. The Labute approximate surface area is 93.4 Å². The number of alkyl halides is 1. The smallest absolute Gasteiger partial charge is 0.326 e. The quantitative estimate of drug-likeness (QED) is 0.717. The summed E-state index contributed by atoms with van der Waals surface area (Å²) in [5, 5.41) is 8.87. The minimum absolute atomic E-state index is 0.0967. The topological polar surface area (TPSA) is 83.6 Å². The average molecular weight is 232 g/mol. The number of amides is 1. The molecule has 5 nitrogen and oxygen atoms in total. The predicted octanol–water partition coefficient (Wildman–Crippen LogP) is -0.00670. The number of rotatable bonds is 3. The summed E-state index contributed by atoms with van der Waals surface area (Å²) in [4.78, 5) is 23.7. The lowest BCUT2D eigenvalue weighted by atomic mass is 10.0. The molecule has 0 radical (unpaired) electrons. The van der Waals surface area contributed by atoms with Crippen LogP contribution in [0.15, 0.2) is 0 Å². The zero-order valence-electron chi connectivity index (χ0n) is 9.39. The van der Waals surface area contributed by atoms with Crippen molar-refractivity contribution in [2.75, 3.05) is 6.54 Å². The molecule has 3 atom stereocenters. The van der Waals surface area contributed by atoms with Gasteiger partial charge in [0.25, 0.3) is 0 Å². The Hall–Kier alpha value is -1.17. The second-order valence-electron chi connectivity index (χ2n) is 4.45. The molecule has 1 amide bonds. The summed E-state index contributed by atoms with van der Waals surface area (Å²) >= 11 is 0. The van der Waals surface area contributed by atoms with E-state index in [1.165, 1.54) is 0 Å². The lowest BCUT2D eigenvalue weighted by Crippen LogP contribution is -2.50. The fraction of sp³-hybridized carbons (Fsp3) is 0.800. The molecule has 0 aromatic heterocycles. The van der Waals surface area contributed by atoms with Crippen LogP contribution in [-0.2, 0) is 9.59 Å². The molecule has 1 rings (SSSR count). The van der Waals surface area contributed by atoms with Crippen LogP contribution >= 0.6 is 0 Å². The van der Waals surface area contributed by atoms with Crippen LogP contribution in [0, 0.1) is 5.92 Å². The molecule has 0 aliphatic carbocycles. The molecule has 1 aliphatic heterocycles. The van der Waals surface area contributed by atoms with Crippen LogP contribution in [0.4, 0.5) is 4.39 Å². The third-order valence-corrected chi connectivity index (χ3v) is 2.82.